The number of carboxylic acid groups (broad SMARTS) is 3. The van der Waals surface area contributed by atoms with Crippen LogP contribution < -0.4 is 5.11 Å². The van der Waals surface area contributed by atoms with Crippen molar-refractivity contribution in [3.8, 4) is 0 Å². The van der Waals surface area contributed by atoms with E-state index in [1.54, 1.807) is 14.2 Å². The van der Waals surface area contributed by atoms with E-state index in [1.165, 1.54) is 13.2 Å². The highest BCUT2D eigenvalue weighted by Crippen LogP contribution is 2.45. The lowest BCUT2D eigenvalue weighted by Gasteiger charge is -2.48. The summed E-state index contributed by atoms with van der Waals surface area (Å²) in [5, 5.41) is 27.6. The summed E-state index contributed by atoms with van der Waals surface area (Å²) >= 11 is 0. The number of carbonyl (C=O) groups excluding carboxylic acids is 1. The molecule has 10 nitrogen and oxygen atoms in total. The van der Waals surface area contributed by atoms with Gasteiger partial charge in [-0.05, 0) is 50.1 Å². The Bertz CT molecular complexity index is 989. The van der Waals surface area contributed by atoms with E-state index in [9.17, 15) is 19.5 Å². The van der Waals surface area contributed by atoms with Crippen molar-refractivity contribution >= 4 is 17.9 Å². The van der Waals surface area contributed by atoms with E-state index in [2.05, 4.69) is 19.1 Å². The second kappa shape index (κ2) is 14.1. The van der Waals surface area contributed by atoms with Gasteiger partial charge in [0.1, 0.15) is 5.60 Å². The molecule has 0 heterocycles. The maximum absolute atomic E-state index is 12.0. The quantitative estimate of drug-likeness (QED) is 0.428. The molecular formula is C26H35NO9. The van der Waals surface area contributed by atoms with Gasteiger partial charge < -0.3 is 34.3 Å². The van der Waals surface area contributed by atoms with Crippen LogP contribution in [0.4, 0.5) is 0 Å². The molecule has 3 atom stereocenters. The second-order valence-electron chi connectivity index (χ2n) is 8.18. The Morgan fingerprint density at radius 1 is 1.08 bits per heavy atom. The number of benzene rings is 1. The predicted octanol–water partition coefficient (Wildman–Crippen LogP) is 1.90. The number of nitrogens with zero attached hydrogens (tertiary/aromatic N) is 1. The summed E-state index contributed by atoms with van der Waals surface area (Å²) in [5.41, 5.74) is 0.217. The van der Waals surface area contributed by atoms with Gasteiger partial charge in [0.25, 0.3) is 0 Å². The van der Waals surface area contributed by atoms with Gasteiger partial charge in [-0.1, -0.05) is 37.3 Å². The predicted molar refractivity (Wildman–Crippen MR) is 131 cm³/mol. The van der Waals surface area contributed by atoms with Crippen LogP contribution in [0, 0.1) is 0 Å². The zero-order chi connectivity index (χ0) is 27.5. The fourth-order valence-corrected chi connectivity index (χ4v) is 4.38. The van der Waals surface area contributed by atoms with Gasteiger partial charge in [0.05, 0.1) is 26.2 Å². The number of hydrogen-bond acceptors (Lipinski definition) is 8. The zero-order valence-corrected chi connectivity index (χ0v) is 21.4. The Morgan fingerprint density at radius 3 is 2.00 bits per heavy atom. The summed E-state index contributed by atoms with van der Waals surface area (Å²) in [5.74, 6) is -2.81. The van der Waals surface area contributed by atoms with Gasteiger partial charge in [-0.2, -0.15) is 0 Å². The minimum atomic E-state index is -1.26. The number of methoxy groups -OCH3 is 3. The number of rotatable bonds is 11. The van der Waals surface area contributed by atoms with Crippen LogP contribution in [0.25, 0.3) is 0 Å². The van der Waals surface area contributed by atoms with E-state index in [-0.39, 0.29) is 12.9 Å². The van der Waals surface area contributed by atoms with E-state index in [0.29, 0.717) is 30.1 Å². The van der Waals surface area contributed by atoms with Crippen molar-refractivity contribution in [3.05, 3.63) is 71.2 Å². The minimum absolute atomic E-state index is 0. The zero-order valence-electron chi connectivity index (χ0n) is 22.4. The van der Waals surface area contributed by atoms with Crippen molar-refractivity contribution < 1.29 is 45.3 Å². The number of ether oxygens (including phenoxy) is 3. The molecule has 10 heteroatoms. The Labute approximate surface area is 212 Å². The topological polar surface area (TPSA) is 146 Å². The van der Waals surface area contributed by atoms with Gasteiger partial charge in [0.15, 0.2) is 11.5 Å². The van der Waals surface area contributed by atoms with Crippen LogP contribution in [0.5, 0.6) is 0 Å². The van der Waals surface area contributed by atoms with E-state index in [4.69, 9.17) is 24.4 Å². The van der Waals surface area contributed by atoms with Crippen LogP contribution in [0.2, 0.25) is 0 Å². The van der Waals surface area contributed by atoms with Crippen molar-refractivity contribution in [1.82, 2.24) is 4.90 Å². The Balaban J connectivity index is 0.00000125. The Kier molecular flexibility index (Phi) is 11.9. The molecular weight excluding hydrogens is 470 g/mol. The Morgan fingerprint density at radius 2 is 1.64 bits per heavy atom. The highest BCUT2D eigenvalue weighted by Gasteiger charge is 2.52. The van der Waals surface area contributed by atoms with Gasteiger partial charge in [0, 0.05) is 19.3 Å². The third-order valence-corrected chi connectivity index (χ3v) is 5.85. The largest absolute Gasteiger partial charge is 1.00 e. The van der Waals surface area contributed by atoms with E-state index < -0.39 is 29.6 Å². The molecule has 0 aromatic heterocycles. The van der Waals surface area contributed by atoms with E-state index in [0.717, 1.165) is 12.0 Å². The first-order valence-corrected chi connectivity index (χ1v) is 11.1. The van der Waals surface area contributed by atoms with Crippen LogP contribution in [0.3, 0.4) is 0 Å². The van der Waals surface area contributed by atoms with Gasteiger partial charge in [0.2, 0.25) is 0 Å². The van der Waals surface area contributed by atoms with E-state index >= 15 is 0 Å². The maximum Gasteiger partial charge on any atom is 1.00 e. The van der Waals surface area contributed by atoms with Gasteiger partial charge in [-0.15, -0.1) is 0 Å². The molecule has 1 aliphatic carbocycles. The third kappa shape index (κ3) is 7.43. The maximum atomic E-state index is 12.0. The molecule has 36 heavy (non-hydrogen) atoms. The molecule has 2 N–H and O–H groups in total. The molecule has 2 rings (SSSR count). The highest BCUT2D eigenvalue weighted by molar-refractivity contribution is 5.89. The Hall–Kier alpha value is -3.63. The molecule has 3 unspecified atom stereocenters. The molecule has 0 amide bonds. The number of likely N-dealkylation sites (N-methyl/N-ethyl adjacent to an activating group) is 1. The van der Waals surface area contributed by atoms with Crippen molar-refractivity contribution in [1.29, 1.82) is 0 Å². The lowest BCUT2D eigenvalue weighted by atomic mass is 9.73. The summed E-state index contributed by atoms with van der Waals surface area (Å²) in [7, 11) is 8.27. The van der Waals surface area contributed by atoms with Crippen molar-refractivity contribution in [2.24, 2.45) is 0 Å². The molecule has 1 aromatic carbocycles. The average Bonchev–Trinajstić information content (AvgIpc) is 2.85. The summed E-state index contributed by atoms with van der Waals surface area (Å²) in [4.78, 5) is 32.9. The minimum Gasteiger partial charge on any atom is -0.545 e. The lowest BCUT2D eigenvalue weighted by molar-refractivity contribution is -0.300. The normalized spacial score (nSPS) is 20.3. The highest BCUT2D eigenvalue weighted by atomic mass is 16.6. The third-order valence-electron chi connectivity index (χ3n) is 5.85. The number of hydrogen-bond donors (Lipinski definition) is 2. The smallest absolute Gasteiger partial charge is 0.545 e. The number of carboxylic acids is 3. The first kappa shape index (κ1) is 30.4. The van der Waals surface area contributed by atoms with Crippen molar-refractivity contribution in [2.75, 3.05) is 35.4 Å². The molecule has 198 valence electrons. The summed E-state index contributed by atoms with van der Waals surface area (Å²) < 4.78 is 17.3. The van der Waals surface area contributed by atoms with Crippen LogP contribution in [0.15, 0.2) is 65.7 Å². The molecule has 0 saturated heterocycles. The summed E-state index contributed by atoms with van der Waals surface area (Å²) in [6.45, 7) is 2.11. The molecule has 1 aliphatic rings. The second-order valence-corrected chi connectivity index (χ2v) is 8.18. The molecule has 0 aliphatic heterocycles. The SMILES string of the molecule is CCC(CC1(OC)C(OC)=C(OC)C=C(C(=O)[O-])C1N(C)C)c1ccccc1.O=C(O)/C=C\C(=O)O.[H+]. The van der Waals surface area contributed by atoms with Crippen molar-refractivity contribution in [3.63, 3.8) is 0 Å². The molecule has 0 fully saturated rings. The fraction of sp³-hybridized carbons (Fsp3) is 0.423. The first-order valence-electron chi connectivity index (χ1n) is 11.1. The van der Waals surface area contributed by atoms with Crippen LogP contribution >= 0.6 is 0 Å². The monoisotopic (exact) mass is 505 g/mol. The molecule has 0 spiro atoms. The standard InChI is InChI=1S/C22H31NO5.C4H4O4/c1-7-15(16-11-9-8-10-12-16)14-22(28-6)19(23(2)3)17(21(24)25)13-18(26-4)20(22)27-5;5-3(6)1-2-4(7)8/h8-13,15,19H,7,14H2,1-6H3,(H,24,25);1-2H,(H,5,6)(H,7,8)/b;2-1-. The molecule has 0 saturated carbocycles. The molecule has 0 bridgehead atoms. The lowest BCUT2D eigenvalue weighted by Crippen LogP contribution is -2.59. The average molecular weight is 506 g/mol. The van der Waals surface area contributed by atoms with Crippen LogP contribution in [0.1, 0.15) is 32.7 Å². The number of allylic oxidation sites excluding steroid dienone is 1. The van der Waals surface area contributed by atoms with Crippen LogP contribution in [-0.2, 0) is 28.6 Å². The number of carbonyl (C=O) groups is 3. The van der Waals surface area contributed by atoms with Gasteiger partial charge in [-0.25, -0.2) is 9.59 Å². The van der Waals surface area contributed by atoms with Crippen molar-refractivity contribution in [2.45, 2.75) is 37.3 Å². The summed E-state index contributed by atoms with van der Waals surface area (Å²) in [6, 6.07) is 9.53. The van der Waals surface area contributed by atoms with Gasteiger partial charge >= 0.3 is 13.4 Å². The molecule has 0 radical (unpaired) electrons. The van der Waals surface area contributed by atoms with Crippen LogP contribution in [-0.4, -0.2) is 80.1 Å². The van der Waals surface area contributed by atoms with Gasteiger partial charge in [-0.3, -0.25) is 4.90 Å². The first-order chi connectivity index (χ1) is 17.0. The fourth-order valence-electron chi connectivity index (χ4n) is 4.38. The summed E-state index contributed by atoms with van der Waals surface area (Å²) in [6.07, 6.45) is 3.97. The number of aliphatic carboxylic acids is 3. The molecule has 1 aromatic rings. The van der Waals surface area contributed by atoms with E-state index in [1.807, 2.05) is 37.2 Å².